The highest BCUT2D eigenvalue weighted by molar-refractivity contribution is 5.82. The van der Waals surface area contributed by atoms with Crippen molar-refractivity contribution in [3.63, 3.8) is 0 Å². The average molecular weight is 367 g/mol. The Morgan fingerprint density at radius 3 is 2.73 bits per heavy atom. The van der Waals surface area contributed by atoms with Crippen LogP contribution in [0, 0.1) is 23.5 Å². The molecule has 26 heavy (non-hydrogen) atoms. The minimum Gasteiger partial charge on any atom is -0.469 e. The van der Waals surface area contributed by atoms with Gasteiger partial charge in [-0.2, -0.15) is 0 Å². The highest BCUT2D eigenvalue weighted by Crippen LogP contribution is 2.24. The smallest absolute Gasteiger partial charge is 0.310 e. The summed E-state index contributed by atoms with van der Waals surface area (Å²) in [5.74, 6) is -1.24. The molecule has 1 aliphatic heterocycles. The second kappa shape index (κ2) is 8.96. The number of rotatable bonds is 5. The molecule has 144 valence electrons. The van der Waals surface area contributed by atoms with E-state index in [1.807, 2.05) is 25.7 Å². The Balaban J connectivity index is 2.08. The molecule has 3 atom stereocenters. The van der Waals surface area contributed by atoms with Crippen molar-refractivity contribution >= 4 is 11.9 Å². The SMILES string of the molecule is CCNC(=NCC(C)c1ccc(F)c(F)c1)N1CC(C)C(C(=O)OC)C1. The van der Waals surface area contributed by atoms with Gasteiger partial charge in [-0.15, -0.1) is 0 Å². The lowest BCUT2D eigenvalue weighted by Crippen LogP contribution is -2.40. The quantitative estimate of drug-likeness (QED) is 0.494. The van der Waals surface area contributed by atoms with Gasteiger partial charge in [0.05, 0.1) is 13.0 Å². The molecule has 1 aromatic rings. The summed E-state index contributed by atoms with van der Waals surface area (Å²) < 4.78 is 31.4. The molecule has 1 N–H and O–H groups in total. The maximum Gasteiger partial charge on any atom is 0.310 e. The number of carbonyl (C=O) groups excluding carboxylic acids is 1. The van der Waals surface area contributed by atoms with E-state index in [4.69, 9.17) is 4.74 Å². The summed E-state index contributed by atoms with van der Waals surface area (Å²) >= 11 is 0. The molecule has 0 radical (unpaired) electrons. The molecule has 0 amide bonds. The molecule has 7 heteroatoms. The van der Waals surface area contributed by atoms with Gasteiger partial charge in [-0.05, 0) is 30.5 Å². The van der Waals surface area contributed by atoms with Crippen LogP contribution in [0.15, 0.2) is 23.2 Å². The monoisotopic (exact) mass is 367 g/mol. The summed E-state index contributed by atoms with van der Waals surface area (Å²) in [7, 11) is 1.40. The largest absolute Gasteiger partial charge is 0.469 e. The van der Waals surface area contributed by atoms with E-state index in [1.54, 1.807) is 6.07 Å². The van der Waals surface area contributed by atoms with E-state index >= 15 is 0 Å². The van der Waals surface area contributed by atoms with Gasteiger partial charge in [0.1, 0.15) is 0 Å². The van der Waals surface area contributed by atoms with Crippen molar-refractivity contribution in [1.29, 1.82) is 0 Å². The van der Waals surface area contributed by atoms with Gasteiger partial charge >= 0.3 is 5.97 Å². The highest BCUT2D eigenvalue weighted by Gasteiger charge is 2.36. The molecule has 0 saturated carbocycles. The van der Waals surface area contributed by atoms with Gasteiger partial charge in [-0.25, -0.2) is 8.78 Å². The van der Waals surface area contributed by atoms with Gasteiger partial charge in [-0.1, -0.05) is 19.9 Å². The normalized spacial score (nSPS) is 21.6. The first kappa shape index (κ1) is 20.1. The lowest BCUT2D eigenvalue weighted by Gasteiger charge is -2.22. The van der Waals surface area contributed by atoms with Crippen LogP contribution in [0.3, 0.4) is 0 Å². The van der Waals surface area contributed by atoms with Crippen molar-refractivity contribution in [2.75, 3.05) is 33.3 Å². The summed E-state index contributed by atoms with van der Waals surface area (Å²) in [5.41, 5.74) is 0.700. The average Bonchev–Trinajstić information content (AvgIpc) is 3.01. The molecule has 0 bridgehead atoms. The predicted octanol–water partition coefficient (Wildman–Crippen LogP) is 2.77. The van der Waals surface area contributed by atoms with Crippen LogP contribution in [0.1, 0.15) is 32.3 Å². The van der Waals surface area contributed by atoms with Crippen LogP contribution in [-0.2, 0) is 9.53 Å². The molecule has 3 unspecified atom stereocenters. The van der Waals surface area contributed by atoms with E-state index in [1.165, 1.54) is 13.2 Å². The molecular formula is C19H27F2N3O2. The lowest BCUT2D eigenvalue weighted by molar-refractivity contribution is -0.145. The summed E-state index contributed by atoms with van der Waals surface area (Å²) in [5, 5.41) is 3.24. The number of esters is 1. The third-order valence-electron chi connectivity index (χ3n) is 4.78. The Bertz CT molecular complexity index is 666. The van der Waals surface area contributed by atoms with Crippen LogP contribution in [-0.4, -0.2) is 50.1 Å². The summed E-state index contributed by atoms with van der Waals surface area (Å²) in [6.07, 6.45) is 0. The van der Waals surface area contributed by atoms with Crippen molar-refractivity contribution in [3.8, 4) is 0 Å². The van der Waals surface area contributed by atoms with E-state index in [2.05, 4.69) is 10.3 Å². The molecule has 1 saturated heterocycles. The third-order valence-corrected chi connectivity index (χ3v) is 4.78. The van der Waals surface area contributed by atoms with Gasteiger partial charge in [0.15, 0.2) is 17.6 Å². The number of benzene rings is 1. The number of nitrogens with zero attached hydrogens (tertiary/aromatic N) is 2. The van der Waals surface area contributed by atoms with Crippen molar-refractivity contribution in [3.05, 3.63) is 35.4 Å². The number of likely N-dealkylation sites (tertiary alicyclic amines) is 1. The second-order valence-corrected chi connectivity index (χ2v) is 6.78. The van der Waals surface area contributed by atoms with Crippen molar-refractivity contribution < 1.29 is 18.3 Å². The molecule has 1 aromatic carbocycles. The number of hydrogen-bond donors (Lipinski definition) is 1. The summed E-state index contributed by atoms with van der Waals surface area (Å²) in [4.78, 5) is 18.6. The molecule has 0 aliphatic carbocycles. The van der Waals surface area contributed by atoms with Gasteiger partial charge in [0.2, 0.25) is 0 Å². The zero-order valence-electron chi connectivity index (χ0n) is 15.8. The Kier molecular flexibility index (Phi) is 6.94. The first-order valence-electron chi connectivity index (χ1n) is 8.93. The predicted molar refractivity (Wildman–Crippen MR) is 97.0 cm³/mol. The standard InChI is InChI=1S/C19H27F2N3O2/c1-5-22-19(24-10-13(3)15(11-24)18(25)26-4)23-9-12(2)14-6-7-16(20)17(21)8-14/h6-8,12-13,15H,5,9-11H2,1-4H3,(H,22,23). The zero-order valence-corrected chi connectivity index (χ0v) is 15.8. The number of nitrogens with one attached hydrogen (secondary N) is 1. The maximum absolute atomic E-state index is 13.4. The van der Waals surface area contributed by atoms with Gasteiger partial charge in [0, 0.05) is 32.1 Å². The van der Waals surface area contributed by atoms with Gasteiger partial charge in [0.25, 0.3) is 0 Å². The molecule has 0 aromatic heterocycles. The van der Waals surface area contributed by atoms with Crippen LogP contribution in [0.4, 0.5) is 8.78 Å². The Morgan fingerprint density at radius 1 is 1.38 bits per heavy atom. The van der Waals surface area contributed by atoms with Gasteiger partial charge < -0.3 is 15.0 Å². The van der Waals surface area contributed by atoms with Crippen molar-refractivity contribution in [2.24, 2.45) is 16.8 Å². The minimum absolute atomic E-state index is 0.0600. The van der Waals surface area contributed by atoms with Crippen LogP contribution in [0.2, 0.25) is 0 Å². The Labute approximate surface area is 153 Å². The molecule has 1 aliphatic rings. The van der Waals surface area contributed by atoms with E-state index in [9.17, 15) is 13.6 Å². The van der Waals surface area contributed by atoms with Crippen LogP contribution in [0.5, 0.6) is 0 Å². The molecule has 2 rings (SSSR count). The number of methoxy groups -OCH3 is 1. The van der Waals surface area contributed by atoms with Gasteiger partial charge in [-0.3, -0.25) is 9.79 Å². The zero-order chi connectivity index (χ0) is 19.3. The Hall–Kier alpha value is -2.18. The number of halogens is 2. The molecule has 1 fully saturated rings. The van der Waals surface area contributed by atoms with E-state index in [0.29, 0.717) is 31.7 Å². The van der Waals surface area contributed by atoms with Crippen LogP contribution < -0.4 is 5.32 Å². The second-order valence-electron chi connectivity index (χ2n) is 6.78. The molecule has 1 heterocycles. The third kappa shape index (κ3) is 4.71. The summed E-state index contributed by atoms with van der Waals surface area (Å²) in [6, 6.07) is 3.93. The first-order valence-corrected chi connectivity index (χ1v) is 8.93. The maximum atomic E-state index is 13.4. The van der Waals surface area contributed by atoms with E-state index in [-0.39, 0.29) is 23.7 Å². The fourth-order valence-electron chi connectivity index (χ4n) is 3.17. The summed E-state index contributed by atoms with van der Waals surface area (Å²) in [6.45, 7) is 8.32. The topological polar surface area (TPSA) is 53.9 Å². The first-order chi connectivity index (χ1) is 12.4. The molecular weight excluding hydrogens is 340 g/mol. The number of guanidine groups is 1. The highest BCUT2D eigenvalue weighted by atomic mass is 19.2. The Morgan fingerprint density at radius 2 is 2.12 bits per heavy atom. The minimum atomic E-state index is -0.849. The number of aliphatic imine (C=N–C) groups is 1. The van der Waals surface area contributed by atoms with E-state index in [0.717, 1.165) is 12.0 Å². The molecule has 0 spiro atoms. The van der Waals surface area contributed by atoms with Crippen molar-refractivity contribution in [1.82, 2.24) is 10.2 Å². The number of ether oxygens (including phenoxy) is 1. The van der Waals surface area contributed by atoms with Crippen LogP contribution >= 0.6 is 0 Å². The van der Waals surface area contributed by atoms with Crippen LogP contribution in [0.25, 0.3) is 0 Å². The van der Waals surface area contributed by atoms with E-state index < -0.39 is 11.6 Å². The fourth-order valence-corrected chi connectivity index (χ4v) is 3.17. The van der Waals surface area contributed by atoms with Crippen molar-refractivity contribution in [2.45, 2.75) is 26.7 Å². The number of hydrogen-bond acceptors (Lipinski definition) is 3. The lowest BCUT2D eigenvalue weighted by atomic mass is 9.99. The fraction of sp³-hybridized carbons (Fsp3) is 0.579. The number of carbonyl (C=O) groups is 1. The molecule has 5 nitrogen and oxygen atoms in total.